The summed E-state index contributed by atoms with van der Waals surface area (Å²) in [4.78, 5) is 12.0. The topological polar surface area (TPSA) is 50.4 Å². The van der Waals surface area contributed by atoms with Crippen LogP contribution in [0.2, 0.25) is 5.02 Å². The van der Waals surface area contributed by atoms with Crippen LogP contribution >= 0.6 is 24.0 Å². The van der Waals surface area contributed by atoms with Crippen molar-refractivity contribution in [3.05, 3.63) is 23.2 Å². The number of nitrogens with one attached hydrogen (secondary N) is 2. The molecular weight excluding hydrogens is 287 g/mol. The summed E-state index contributed by atoms with van der Waals surface area (Å²) in [6, 6.07) is 5.25. The van der Waals surface area contributed by atoms with Gasteiger partial charge in [0.1, 0.15) is 5.75 Å². The molecule has 1 amide bonds. The number of carbonyl (C=O) groups is 1. The normalized spacial score (nSPS) is 15.5. The second kappa shape index (κ2) is 7.58. The number of methoxy groups -OCH3 is 1. The molecule has 19 heavy (non-hydrogen) atoms. The molecule has 6 heteroatoms. The highest BCUT2D eigenvalue weighted by atomic mass is 35.5. The third kappa shape index (κ3) is 4.27. The first kappa shape index (κ1) is 16.1. The molecule has 1 heterocycles. The molecule has 1 aromatic carbocycles. The molecular formula is C13H18Cl2N2O2. The molecule has 0 saturated carbocycles. The van der Waals surface area contributed by atoms with Gasteiger partial charge in [0.2, 0.25) is 5.91 Å². The van der Waals surface area contributed by atoms with Crippen LogP contribution in [0.25, 0.3) is 0 Å². The largest absolute Gasteiger partial charge is 0.495 e. The Hall–Kier alpha value is -0.970. The van der Waals surface area contributed by atoms with Crippen LogP contribution in [-0.4, -0.2) is 26.1 Å². The molecule has 0 aromatic heterocycles. The van der Waals surface area contributed by atoms with Gasteiger partial charge >= 0.3 is 0 Å². The highest BCUT2D eigenvalue weighted by molar-refractivity contribution is 6.32. The van der Waals surface area contributed by atoms with Crippen LogP contribution in [0.1, 0.15) is 12.8 Å². The van der Waals surface area contributed by atoms with Gasteiger partial charge in [-0.2, -0.15) is 0 Å². The molecule has 0 atom stereocenters. The fourth-order valence-electron chi connectivity index (χ4n) is 2.07. The molecule has 0 spiro atoms. The lowest BCUT2D eigenvalue weighted by Crippen LogP contribution is -2.34. The first-order valence-corrected chi connectivity index (χ1v) is 6.43. The van der Waals surface area contributed by atoms with Gasteiger partial charge in [-0.05, 0) is 44.1 Å². The second-order valence-electron chi connectivity index (χ2n) is 4.36. The highest BCUT2D eigenvalue weighted by Crippen LogP contribution is 2.27. The summed E-state index contributed by atoms with van der Waals surface area (Å²) in [6.45, 7) is 1.81. The van der Waals surface area contributed by atoms with Gasteiger partial charge in [-0.1, -0.05) is 11.6 Å². The summed E-state index contributed by atoms with van der Waals surface area (Å²) >= 11 is 6.01. The second-order valence-corrected chi connectivity index (χ2v) is 4.77. The quantitative estimate of drug-likeness (QED) is 0.903. The summed E-state index contributed by atoms with van der Waals surface area (Å²) in [5, 5.41) is 6.64. The predicted octanol–water partition coefficient (Wildman–Crippen LogP) is 2.71. The lowest BCUT2D eigenvalue weighted by atomic mass is 9.97. The minimum Gasteiger partial charge on any atom is -0.495 e. The van der Waals surface area contributed by atoms with E-state index in [9.17, 15) is 4.79 Å². The van der Waals surface area contributed by atoms with Crippen molar-refractivity contribution in [1.82, 2.24) is 5.32 Å². The van der Waals surface area contributed by atoms with E-state index in [0.717, 1.165) is 25.9 Å². The first-order chi connectivity index (χ1) is 8.70. The average Bonchev–Trinajstić information content (AvgIpc) is 2.40. The number of carbonyl (C=O) groups excluding carboxylic acids is 1. The monoisotopic (exact) mass is 304 g/mol. The highest BCUT2D eigenvalue weighted by Gasteiger charge is 2.20. The third-order valence-electron chi connectivity index (χ3n) is 3.13. The van der Waals surface area contributed by atoms with Gasteiger partial charge < -0.3 is 15.4 Å². The number of anilines is 1. The van der Waals surface area contributed by atoms with Gasteiger partial charge in [0.05, 0.1) is 12.1 Å². The minimum atomic E-state index is 0. The van der Waals surface area contributed by atoms with Crippen molar-refractivity contribution in [3.63, 3.8) is 0 Å². The van der Waals surface area contributed by atoms with E-state index in [1.807, 2.05) is 0 Å². The number of rotatable bonds is 3. The summed E-state index contributed by atoms with van der Waals surface area (Å²) in [5.74, 6) is 0.765. The zero-order valence-corrected chi connectivity index (χ0v) is 12.3. The number of benzene rings is 1. The molecule has 106 valence electrons. The van der Waals surface area contributed by atoms with E-state index in [-0.39, 0.29) is 24.2 Å². The number of ether oxygens (including phenoxy) is 1. The molecule has 0 aliphatic carbocycles. The van der Waals surface area contributed by atoms with Crippen molar-refractivity contribution in [3.8, 4) is 5.75 Å². The van der Waals surface area contributed by atoms with Gasteiger partial charge in [-0.25, -0.2) is 0 Å². The maximum absolute atomic E-state index is 12.0. The van der Waals surface area contributed by atoms with Crippen molar-refractivity contribution >= 4 is 35.6 Å². The van der Waals surface area contributed by atoms with Crippen molar-refractivity contribution < 1.29 is 9.53 Å². The van der Waals surface area contributed by atoms with Gasteiger partial charge in [0, 0.05) is 11.6 Å². The molecule has 2 N–H and O–H groups in total. The average molecular weight is 305 g/mol. The fraction of sp³-hybridized carbons (Fsp3) is 0.462. The molecule has 0 radical (unpaired) electrons. The SMILES string of the molecule is COc1ccc(NC(=O)C2CCNCC2)cc1Cl.Cl. The smallest absolute Gasteiger partial charge is 0.227 e. The lowest BCUT2D eigenvalue weighted by molar-refractivity contribution is -0.120. The molecule has 1 saturated heterocycles. The summed E-state index contributed by atoms with van der Waals surface area (Å²) < 4.78 is 5.07. The molecule has 2 rings (SSSR count). The Bertz CT molecular complexity index is 435. The number of amides is 1. The van der Waals surface area contributed by atoms with Gasteiger partial charge in [-0.15, -0.1) is 12.4 Å². The number of halogens is 2. The van der Waals surface area contributed by atoms with E-state index in [1.165, 1.54) is 0 Å². The Morgan fingerprint density at radius 3 is 2.68 bits per heavy atom. The maximum Gasteiger partial charge on any atom is 0.227 e. The zero-order chi connectivity index (χ0) is 13.0. The van der Waals surface area contributed by atoms with E-state index in [1.54, 1.807) is 25.3 Å². The minimum absolute atomic E-state index is 0. The molecule has 1 aromatic rings. The number of hydrogen-bond acceptors (Lipinski definition) is 3. The third-order valence-corrected chi connectivity index (χ3v) is 3.42. The Labute approximate surface area is 124 Å². The fourth-order valence-corrected chi connectivity index (χ4v) is 2.33. The Morgan fingerprint density at radius 2 is 2.11 bits per heavy atom. The van der Waals surface area contributed by atoms with Crippen LogP contribution in [0.5, 0.6) is 5.75 Å². The summed E-state index contributed by atoms with van der Waals surface area (Å²) in [6.07, 6.45) is 1.77. The molecule has 1 aliphatic rings. The van der Waals surface area contributed by atoms with Crippen LogP contribution in [0.4, 0.5) is 5.69 Å². The molecule has 0 unspecified atom stereocenters. The van der Waals surface area contributed by atoms with Gasteiger partial charge in [-0.3, -0.25) is 4.79 Å². The van der Waals surface area contributed by atoms with Crippen LogP contribution in [0.3, 0.4) is 0 Å². The maximum atomic E-state index is 12.0. The molecule has 4 nitrogen and oxygen atoms in total. The van der Waals surface area contributed by atoms with Crippen LogP contribution in [-0.2, 0) is 4.79 Å². The number of piperidine rings is 1. The Balaban J connectivity index is 0.00000180. The van der Waals surface area contributed by atoms with Crippen molar-refractivity contribution in [2.24, 2.45) is 5.92 Å². The summed E-state index contributed by atoms with van der Waals surface area (Å²) in [7, 11) is 1.56. The van der Waals surface area contributed by atoms with Crippen LogP contribution in [0, 0.1) is 5.92 Å². The van der Waals surface area contributed by atoms with Crippen LogP contribution < -0.4 is 15.4 Å². The standard InChI is InChI=1S/C13H17ClN2O2.ClH/c1-18-12-3-2-10(8-11(12)14)16-13(17)9-4-6-15-7-5-9;/h2-3,8-9,15H,4-7H2,1H3,(H,16,17);1H. The van der Waals surface area contributed by atoms with Crippen molar-refractivity contribution in [2.75, 3.05) is 25.5 Å². The summed E-state index contributed by atoms with van der Waals surface area (Å²) in [5.41, 5.74) is 0.712. The van der Waals surface area contributed by atoms with Crippen LogP contribution in [0.15, 0.2) is 18.2 Å². The number of hydrogen-bond donors (Lipinski definition) is 2. The van der Waals surface area contributed by atoms with E-state index >= 15 is 0 Å². The van der Waals surface area contributed by atoms with E-state index in [4.69, 9.17) is 16.3 Å². The van der Waals surface area contributed by atoms with E-state index < -0.39 is 0 Å². The van der Waals surface area contributed by atoms with Gasteiger partial charge in [0.15, 0.2) is 0 Å². The molecule has 1 fully saturated rings. The molecule has 0 bridgehead atoms. The van der Waals surface area contributed by atoms with Gasteiger partial charge in [0.25, 0.3) is 0 Å². The zero-order valence-electron chi connectivity index (χ0n) is 10.7. The van der Waals surface area contributed by atoms with E-state index in [0.29, 0.717) is 16.5 Å². The lowest BCUT2D eigenvalue weighted by Gasteiger charge is -2.21. The Morgan fingerprint density at radius 1 is 1.42 bits per heavy atom. The van der Waals surface area contributed by atoms with E-state index in [2.05, 4.69) is 10.6 Å². The predicted molar refractivity (Wildman–Crippen MR) is 79.5 cm³/mol. The Kier molecular flexibility index (Phi) is 6.42. The molecule has 1 aliphatic heterocycles. The van der Waals surface area contributed by atoms with Crippen molar-refractivity contribution in [2.45, 2.75) is 12.8 Å². The first-order valence-electron chi connectivity index (χ1n) is 6.06. The van der Waals surface area contributed by atoms with Crippen molar-refractivity contribution in [1.29, 1.82) is 0 Å².